The monoisotopic (exact) mass is 330 g/mol. The minimum absolute atomic E-state index is 0. The van der Waals surface area contributed by atoms with Crippen LogP contribution in [0.5, 0.6) is 0 Å². The average Bonchev–Trinajstić information content (AvgIpc) is 2.46. The number of amides is 3. The Morgan fingerprint density at radius 2 is 1.50 bits per heavy atom. The van der Waals surface area contributed by atoms with Crippen LogP contribution in [0, 0.1) is 5.92 Å². The lowest BCUT2D eigenvalue weighted by Crippen LogP contribution is -2.58. The van der Waals surface area contributed by atoms with E-state index in [0.717, 1.165) is 25.9 Å². The molecule has 7 heteroatoms. The van der Waals surface area contributed by atoms with Gasteiger partial charge < -0.3 is 20.4 Å². The van der Waals surface area contributed by atoms with Gasteiger partial charge in [0.25, 0.3) is 0 Å². The third kappa shape index (κ3) is 4.04. The van der Waals surface area contributed by atoms with Crippen molar-refractivity contribution < 1.29 is 9.59 Å². The topological polar surface area (TPSA) is 64.7 Å². The quantitative estimate of drug-likeness (QED) is 0.787. The summed E-state index contributed by atoms with van der Waals surface area (Å²) in [5.41, 5.74) is 0. The van der Waals surface area contributed by atoms with Crippen LogP contribution in [-0.4, -0.2) is 67.0 Å². The predicted molar refractivity (Wildman–Crippen MR) is 87.2 cm³/mol. The highest BCUT2D eigenvalue weighted by atomic mass is 35.5. The molecule has 0 bridgehead atoms. The summed E-state index contributed by atoms with van der Waals surface area (Å²) in [7, 11) is 0. The zero-order valence-electron chi connectivity index (χ0n) is 13.1. The Kier molecular flexibility index (Phi) is 6.32. The molecule has 1 aliphatic carbocycles. The summed E-state index contributed by atoms with van der Waals surface area (Å²) in [6.07, 6.45) is 5.96. The first-order chi connectivity index (χ1) is 10.2. The Balaban J connectivity index is 0.00000176. The van der Waals surface area contributed by atoms with Gasteiger partial charge >= 0.3 is 6.03 Å². The van der Waals surface area contributed by atoms with Gasteiger partial charge in [0.1, 0.15) is 0 Å². The molecule has 1 saturated carbocycles. The maximum Gasteiger partial charge on any atom is 0.317 e. The van der Waals surface area contributed by atoms with E-state index in [2.05, 4.69) is 10.6 Å². The van der Waals surface area contributed by atoms with E-state index in [1.165, 1.54) is 19.3 Å². The van der Waals surface area contributed by atoms with E-state index in [-0.39, 0.29) is 30.3 Å². The van der Waals surface area contributed by atoms with Crippen LogP contribution in [0.1, 0.15) is 32.1 Å². The Labute approximate surface area is 138 Å². The molecule has 2 saturated heterocycles. The molecule has 0 aromatic carbocycles. The second-order valence-electron chi connectivity index (χ2n) is 6.45. The van der Waals surface area contributed by atoms with Crippen molar-refractivity contribution in [3.05, 3.63) is 0 Å². The fraction of sp³-hybridized carbons (Fsp3) is 0.867. The van der Waals surface area contributed by atoms with Gasteiger partial charge in [-0.05, 0) is 12.8 Å². The molecular formula is C15H27ClN4O2. The van der Waals surface area contributed by atoms with Crippen LogP contribution in [-0.2, 0) is 4.79 Å². The van der Waals surface area contributed by atoms with Crippen molar-refractivity contribution in [1.29, 1.82) is 0 Å². The lowest BCUT2D eigenvalue weighted by atomic mass is 9.96. The highest BCUT2D eigenvalue weighted by Crippen LogP contribution is 2.18. The van der Waals surface area contributed by atoms with Crippen molar-refractivity contribution in [3.63, 3.8) is 0 Å². The SMILES string of the molecule is Cl.O=C(NC1CCCCC1)N1CCN(C(=O)C2CNC2)CC1. The van der Waals surface area contributed by atoms with Gasteiger partial charge in [-0.1, -0.05) is 19.3 Å². The van der Waals surface area contributed by atoms with Crippen molar-refractivity contribution in [2.75, 3.05) is 39.3 Å². The molecule has 0 aromatic rings. The highest BCUT2D eigenvalue weighted by molar-refractivity contribution is 5.85. The van der Waals surface area contributed by atoms with Crippen molar-refractivity contribution >= 4 is 24.3 Å². The van der Waals surface area contributed by atoms with Crippen LogP contribution < -0.4 is 10.6 Å². The van der Waals surface area contributed by atoms with Gasteiger partial charge in [0.2, 0.25) is 5.91 Å². The van der Waals surface area contributed by atoms with E-state index in [4.69, 9.17) is 0 Å². The lowest BCUT2D eigenvalue weighted by molar-refractivity contribution is -0.138. The average molecular weight is 331 g/mol. The molecule has 0 spiro atoms. The van der Waals surface area contributed by atoms with Gasteiger partial charge in [0.05, 0.1) is 5.92 Å². The van der Waals surface area contributed by atoms with Crippen molar-refractivity contribution in [1.82, 2.24) is 20.4 Å². The number of carbonyl (C=O) groups excluding carboxylic acids is 2. The zero-order valence-corrected chi connectivity index (χ0v) is 13.9. The summed E-state index contributed by atoms with van der Waals surface area (Å²) in [6, 6.07) is 0.409. The molecule has 126 valence electrons. The molecule has 2 N–H and O–H groups in total. The molecule has 3 amide bonds. The van der Waals surface area contributed by atoms with Crippen molar-refractivity contribution in [2.45, 2.75) is 38.1 Å². The molecule has 6 nitrogen and oxygen atoms in total. The van der Waals surface area contributed by atoms with Gasteiger partial charge in [0, 0.05) is 45.3 Å². The molecular weight excluding hydrogens is 304 g/mol. The van der Waals surface area contributed by atoms with E-state index in [9.17, 15) is 9.59 Å². The number of nitrogens with zero attached hydrogens (tertiary/aromatic N) is 2. The van der Waals surface area contributed by atoms with E-state index in [1.807, 2.05) is 9.80 Å². The summed E-state index contributed by atoms with van der Waals surface area (Å²) >= 11 is 0. The molecule has 3 aliphatic rings. The number of rotatable bonds is 2. The van der Waals surface area contributed by atoms with Crippen LogP contribution >= 0.6 is 12.4 Å². The number of carbonyl (C=O) groups is 2. The van der Waals surface area contributed by atoms with Crippen LogP contribution in [0.4, 0.5) is 4.79 Å². The fourth-order valence-electron chi connectivity index (χ4n) is 3.36. The maximum atomic E-state index is 12.2. The third-order valence-corrected chi connectivity index (χ3v) is 4.94. The minimum atomic E-state index is 0. The van der Waals surface area contributed by atoms with Gasteiger partial charge in [-0.2, -0.15) is 0 Å². The smallest absolute Gasteiger partial charge is 0.317 e. The minimum Gasteiger partial charge on any atom is -0.339 e. The Bertz CT molecular complexity index is 389. The first-order valence-electron chi connectivity index (χ1n) is 8.29. The van der Waals surface area contributed by atoms with Gasteiger partial charge in [0.15, 0.2) is 0 Å². The normalized spacial score (nSPS) is 23.5. The Morgan fingerprint density at radius 1 is 0.909 bits per heavy atom. The molecule has 0 atom stereocenters. The molecule has 2 aliphatic heterocycles. The highest BCUT2D eigenvalue weighted by Gasteiger charge is 2.32. The summed E-state index contributed by atoms with van der Waals surface area (Å²) in [4.78, 5) is 28.2. The number of urea groups is 1. The summed E-state index contributed by atoms with van der Waals surface area (Å²) < 4.78 is 0. The van der Waals surface area contributed by atoms with Gasteiger partial charge in [-0.3, -0.25) is 4.79 Å². The number of hydrogen-bond donors (Lipinski definition) is 2. The van der Waals surface area contributed by atoms with Gasteiger partial charge in [-0.15, -0.1) is 12.4 Å². The molecule has 3 rings (SSSR count). The zero-order chi connectivity index (χ0) is 14.7. The van der Waals surface area contributed by atoms with Crippen LogP contribution in [0.15, 0.2) is 0 Å². The lowest BCUT2D eigenvalue weighted by Gasteiger charge is -2.39. The first-order valence-corrected chi connectivity index (χ1v) is 8.29. The summed E-state index contributed by atoms with van der Waals surface area (Å²) in [6.45, 7) is 4.28. The second kappa shape index (κ2) is 8.02. The Morgan fingerprint density at radius 3 is 2.05 bits per heavy atom. The molecule has 0 unspecified atom stereocenters. The van der Waals surface area contributed by atoms with Crippen LogP contribution in [0.2, 0.25) is 0 Å². The molecule has 22 heavy (non-hydrogen) atoms. The van der Waals surface area contributed by atoms with Crippen LogP contribution in [0.25, 0.3) is 0 Å². The molecule has 0 aromatic heterocycles. The summed E-state index contributed by atoms with van der Waals surface area (Å²) in [5.74, 6) is 0.411. The second-order valence-corrected chi connectivity index (χ2v) is 6.45. The fourth-order valence-corrected chi connectivity index (χ4v) is 3.36. The standard InChI is InChI=1S/C15H26N4O2.ClH/c20-14(12-10-16-11-12)18-6-8-19(9-7-18)15(21)17-13-4-2-1-3-5-13;/h12-13,16H,1-11H2,(H,17,21);1H. The van der Waals surface area contributed by atoms with E-state index >= 15 is 0 Å². The summed E-state index contributed by atoms with van der Waals surface area (Å²) in [5, 5.41) is 6.28. The van der Waals surface area contributed by atoms with E-state index in [0.29, 0.717) is 32.2 Å². The predicted octanol–water partition coefficient (Wildman–Crippen LogP) is 0.814. The Hall–Kier alpha value is -1.01. The van der Waals surface area contributed by atoms with Gasteiger partial charge in [-0.25, -0.2) is 4.79 Å². The number of piperazine rings is 1. The number of halogens is 1. The number of hydrogen-bond acceptors (Lipinski definition) is 3. The van der Waals surface area contributed by atoms with Crippen LogP contribution in [0.3, 0.4) is 0 Å². The maximum absolute atomic E-state index is 12.2. The third-order valence-electron chi connectivity index (χ3n) is 4.94. The van der Waals surface area contributed by atoms with E-state index in [1.54, 1.807) is 0 Å². The molecule has 0 radical (unpaired) electrons. The largest absolute Gasteiger partial charge is 0.339 e. The van der Waals surface area contributed by atoms with Crippen molar-refractivity contribution in [2.24, 2.45) is 5.92 Å². The molecule has 2 heterocycles. The molecule has 3 fully saturated rings. The van der Waals surface area contributed by atoms with E-state index < -0.39 is 0 Å². The van der Waals surface area contributed by atoms with Crippen molar-refractivity contribution in [3.8, 4) is 0 Å². The number of nitrogens with one attached hydrogen (secondary N) is 2. The first kappa shape index (κ1) is 17.3.